The van der Waals surface area contributed by atoms with Gasteiger partial charge in [-0.25, -0.2) is 0 Å². The van der Waals surface area contributed by atoms with E-state index < -0.39 is 10.2 Å². The van der Waals surface area contributed by atoms with Gasteiger partial charge in [0.15, 0.2) is 0 Å². The van der Waals surface area contributed by atoms with Gasteiger partial charge < -0.3 is 5.73 Å². The molecule has 2 fully saturated rings. The van der Waals surface area contributed by atoms with E-state index in [1.54, 1.807) is 8.61 Å². The molecule has 0 aromatic rings. The summed E-state index contributed by atoms with van der Waals surface area (Å²) in [5, 5.41) is 0. The van der Waals surface area contributed by atoms with E-state index in [2.05, 4.69) is 0 Å². The maximum Gasteiger partial charge on any atom is 0.282 e. The molecule has 5 nitrogen and oxygen atoms in total. The summed E-state index contributed by atoms with van der Waals surface area (Å²) >= 11 is 5.10. The molecule has 0 aromatic carbocycles. The van der Waals surface area contributed by atoms with E-state index in [-0.39, 0.29) is 11.5 Å². The van der Waals surface area contributed by atoms with Crippen LogP contribution in [0.15, 0.2) is 0 Å². The van der Waals surface area contributed by atoms with Crippen molar-refractivity contribution in [2.45, 2.75) is 52.0 Å². The van der Waals surface area contributed by atoms with Crippen LogP contribution in [-0.4, -0.2) is 47.7 Å². The molecule has 0 bridgehead atoms. The molecule has 2 aliphatic heterocycles. The number of nitrogens with zero attached hydrogens (tertiary/aromatic N) is 2. The number of hydrogen-bond acceptors (Lipinski definition) is 3. The Morgan fingerprint density at radius 1 is 1.25 bits per heavy atom. The van der Waals surface area contributed by atoms with Crippen LogP contribution in [0, 0.1) is 5.41 Å². The van der Waals surface area contributed by atoms with Crippen LogP contribution in [0.1, 0.15) is 46.0 Å². The minimum Gasteiger partial charge on any atom is -0.393 e. The molecule has 0 spiro atoms. The van der Waals surface area contributed by atoms with Crippen LogP contribution in [0.4, 0.5) is 0 Å². The Labute approximate surface area is 127 Å². The smallest absolute Gasteiger partial charge is 0.282 e. The molecule has 0 saturated carbocycles. The summed E-state index contributed by atoms with van der Waals surface area (Å²) in [5.41, 5.74) is 5.57. The third kappa shape index (κ3) is 3.00. The number of piperidine rings is 2. The predicted molar refractivity (Wildman–Crippen MR) is 84.6 cm³/mol. The van der Waals surface area contributed by atoms with Gasteiger partial charge >= 0.3 is 0 Å². The Kier molecular flexibility index (Phi) is 4.73. The fraction of sp³-hybridized carbons (Fsp3) is 0.923. The van der Waals surface area contributed by atoms with Crippen LogP contribution < -0.4 is 5.73 Å². The summed E-state index contributed by atoms with van der Waals surface area (Å²) < 4.78 is 28.7. The predicted octanol–water partition coefficient (Wildman–Crippen LogP) is 1.49. The van der Waals surface area contributed by atoms with Crippen LogP contribution in [0.2, 0.25) is 0 Å². The minimum absolute atomic E-state index is 0.109. The summed E-state index contributed by atoms with van der Waals surface area (Å²) in [7, 11) is -3.33. The lowest BCUT2D eigenvalue weighted by molar-refractivity contribution is 0.205. The molecule has 2 aliphatic rings. The molecule has 2 rings (SSSR count). The van der Waals surface area contributed by atoms with E-state index in [1.165, 1.54) is 0 Å². The number of nitrogens with two attached hydrogens (primary N) is 1. The standard InChI is InChI=1S/C13H25N3O2S2/c1-11-5-3-4-8-16(11)20(17,18)15-9-6-13(2,7-10-15)12(14)19/h11H,3-10H2,1-2H3,(H2,14,19). The van der Waals surface area contributed by atoms with E-state index in [1.807, 2.05) is 13.8 Å². The molecule has 1 unspecified atom stereocenters. The van der Waals surface area contributed by atoms with E-state index >= 15 is 0 Å². The molecule has 0 radical (unpaired) electrons. The lowest BCUT2D eigenvalue weighted by atomic mass is 9.81. The van der Waals surface area contributed by atoms with Crippen molar-refractivity contribution in [2.75, 3.05) is 19.6 Å². The Morgan fingerprint density at radius 3 is 2.35 bits per heavy atom. The van der Waals surface area contributed by atoms with Crippen molar-refractivity contribution in [1.29, 1.82) is 0 Å². The number of thiocarbonyl (C=S) groups is 1. The van der Waals surface area contributed by atoms with E-state index in [0.29, 0.717) is 37.5 Å². The third-order valence-corrected chi connectivity index (χ3v) is 7.43. The maximum atomic E-state index is 12.7. The highest BCUT2D eigenvalue weighted by atomic mass is 32.2. The molecule has 20 heavy (non-hydrogen) atoms. The molecule has 7 heteroatoms. The van der Waals surface area contributed by atoms with Crippen molar-refractivity contribution in [3.63, 3.8) is 0 Å². The molecule has 0 aromatic heterocycles. The van der Waals surface area contributed by atoms with Gasteiger partial charge in [0, 0.05) is 31.1 Å². The lowest BCUT2D eigenvalue weighted by Gasteiger charge is -2.42. The average molecular weight is 319 g/mol. The molecule has 2 saturated heterocycles. The summed E-state index contributed by atoms with van der Waals surface area (Å²) in [6.07, 6.45) is 4.46. The van der Waals surface area contributed by atoms with Crippen LogP contribution in [-0.2, 0) is 10.2 Å². The van der Waals surface area contributed by atoms with Crippen molar-refractivity contribution >= 4 is 27.4 Å². The van der Waals surface area contributed by atoms with Crippen LogP contribution >= 0.6 is 12.2 Å². The molecule has 2 N–H and O–H groups in total. The Hall–Kier alpha value is -0.240. The first-order valence-electron chi connectivity index (χ1n) is 7.34. The first kappa shape index (κ1) is 16.1. The van der Waals surface area contributed by atoms with Crippen LogP contribution in [0.5, 0.6) is 0 Å². The maximum absolute atomic E-state index is 12.7. The monoisotopic (exact) mass is 319 g/mol. The van der Waals surface area contributed by atoms with Gasteiger partial charge in [-0.15, -0.1) is 0 Å². The molecular weight excluding hydrogens is 294 g/mol. The quantitative estimate of drug-likeness (QED) is 0.801. The van der Waals surface area contributed by atoms with Gasteiger partial charge in [0.25, 0.3) is 10.2 Å². The Morgan fingerprint density at radius 2 is 1.85 bits per heavy atom. The Balaban J connectivity index is 2.07. The summed E-state index contributed by atoms with van der Waals surface area (Å²) in [6.45, 7) is 5.70. The zero-order valence-corrected chi connectivity index (χ0v) is 14.0. The molecular formula is C13H25N3O2S2. The van der Waals surface area contributed by atoms with Gasteiger partial charge in [-0.2, -0.15) is 17.0 Å². The van der Waals surface area contributed by atoms with Gasteiger partial charge in [0.2, 0.25) is 0 Å². The highest BCUT2D eigenvalue weighted by molar-refractivity contribution is 7.86. The first-order valence-corrected chi connectivity index (χ1v) is 9.15. The zero-order chi connectivity index (χ0) is 15.0. The van der Waals surface area contributed by atoms with E-state index in [9.17, 15) is 8.42 Å². The summed E-state index contributed by atoms with van der Waals surface area (Å²) in [5.74, 6) is 0. The number of rotatable bonds is 3. The largest absolute Gasteiger partial charge is 0.393 e. The van der Waals surface area contributed by atoms with Crippen molar-refractivity contribution in [3.05, 3.63) is 0 Å². The van der Waals surface area contributed by atoms with Crippen molar-refractivity contribution in [1.82, 2.24) is 8.61 Å². The first-order chi connectivity index (χ1) is 9.27. The van der Waals surface area contributed by atoms with E-state index in [0.717, 1.165) is 19.3 Å². The molecule has 1 atom stereocenters. The van der Waals surface area contributed by atoms with Gasteiger partial charge in [0.1, 0.15) is 0 Å². The third-order valence-electron chi connectivity index (χ3n) is 4.79. The minimum atomic E-state index is -3.33. The highest BCUT2D eigenvalue weighted by Gasteiger charge is 2.40. The van der Waals surface area contributed by atoms with Crippen molar-refractivity contribution in [3.8, 4) is 0 Å². The van der Waals surface area contributed by atoms with Gasteiger partial charge in [-0.3, -0.25) is 0 Å². The van der Waals surface area contributed by atoms with Crippen molar-refractivity contribution in [2.24, 2.45) is 11.1 Å². The second kappa shape index (κ2) is 5.87. The second-order valence-electron chi connectivity index (χ2n) is 6.29. The number of hydrogen-bond donors (Lipinski definition) is 1. The average Bonchev–Trinajstić information content (AvgIpc) is 2.39. The van der Waals surface area contributed by atoms with Crippen LogP contribution in [0.25, 0.3) is 0 Å². The fourth-order valence-electron chi connectivity index (χ4n) is 3.02. The zero-order valence-electron chi connectivity index (χ0n) is 12.3. The highest BCUT2D eigenvalue weighted by Crippen LogP contribution is 2.33. The summed E-state index contributed by atoms with van der Waals surface area (Å²) in [4.78, 5) is 0.501. The SMILES string of the molecule is CC1CCCCN1S(=O)(=O)N1CCC(C)(C(N)=S)CC1. The molecule has 116 valence electrons. The second-order valence-corrected chi connectivity index (χ2v) is 8.61. The van der Waals surface area contributed by atoms with Gasteiger partial charge in [0.05, 0.1) is 4.99 Å². The fourth-order valence-corrected chi connectivity index (χ4v) is 5.08. The molecule has 0 amide bonds. The molecule has 2 heterocycles. The topological polar surface area (TPSA) is 66.6 Å². The lowest BCUT2D eigenvalue weighted by Crippen LogP contribution is -2.54. The molecule has 0 aliphatic carbocycles. The van der Waals surface area contributed by atoms with Gasteiger partial charge in [-0.05, 0) is 32.6 Å². The summed E-state index contributed by atoms with van der Waals surface area (Å²) in [6, 6.07) is 0.109. The van der Waals surface area contributed by atoms with Crippen molar-refractivity contribution < 1.29 is 8.42 Å². The van der Waals surface area contributed by atoms with Gasteiger partial charge in [-0.1, -0.05) is 25.6 Å². The normalized spacial score (nSPS) is 29.2. The Bertz CT molecular complexity index is 470. The van der Waals surface area contributed by atoms with Crippen LogP contribution in [0.3, 0.4) is 0 Å². The van der Waals surface area contributed by atoms with E-state index in [4.69, 9.17) is 18.0 Å².